The van der Waals surface area contributed by atoms with Crippen molar-refractivity contribution >= 4 is 11.6 Å². The average molecular weight is 327 g/mol. The Kier molecular flexibility index (Phi) is 6.45. The molecule has 6 nitrogen and oxygen atoms in total. The number of carbonyl (C=O) groups excluding carboxylic acids is 1. The summed E-state index contributed by atoms with van der Waals surface area (Å²) in [6.45, 7) is 1.50. The average Bonchev–Trinajstić information content (AvgIpc) is 2.59. The smallest absolute Gasteiger partial charge is 0.273 e. The standard InChI is InChI=1S/C18H21N3O3/c19-11-6-12-20(14-15-7-2-1-3-8-15)18(22)13-16-9-4-5-10-17(16)21(23)24/h1-5,7-10H,6,11-14,19H2. The van der Waals surface area contributed by atoms with Gasteiger partial charge in [0.2, 0.25) is 5.91 Å². The number of amides is 1. The summed E-state index contributed by atoms with van der Waals surface area (Å²) in [5.74, 6) is -0.137. The first-order valence-electron chi connectivity index (χ1n) is 7.86. The lowest BCUT2D eigenvalue weighted by molar-refractivity contribution is -0.385. The zero-order valence-electron chi connectivity index (χ0n) is 13.4. The minimum atomic E-state index is -0.454. The predicted octanol–water partition coefficient (Wildman–Crippen LogP) is 2.51. The van der Waals surface area contributed by atoms with E-state index in [2.05, 4.69) is 0 Å². The maximum absolute atomic E-state index is 12.7. The van der Waals surface area contributed by atoms with E-state index in [0.29, 0.717) is 31.6 Å². The lowest BCUT2D eigenvalue weighted by Gasteiger charge is -2.23. The summed E-state index contributed by atoms with van der Waals surface area (Å²) in [5.41, 5.74) is 6.98. The van der Waals surface area contributed by atoms with Crippen LogP contribution in [0, 0.1) is 10.1 Å². The molecule has 0 aliphatic heterocycles. The number of rotatable bonds is 8. The molecule has 2 rings (SSSR count). The molecule has 24 heavy (non-hydrogen) atoms. The minimum absolute atomic E-state index is 0.00849. The van der Waals surface area contributed by atoms with Gasteiger partial charge in [-0.05, 0) is 18.5 Å². The van der Waals surface area contributed by atoms with Crippen molar-refractivity contribution < 1.29 is 9.72 Å². The van der Waals surface area contributed by atoms with Gasteiger partial charge in [-0.1, -0.05) is 48.5 Å². The Morgan fingerprint density at radius 2 is 1.75 bits per heavy atom. The van der Waals surface area contributed by atoms with Crippen molar-refractivity contribution in [2.45, 2.75) is 19.4 Å². The minimum Gasteiger partial charge on any atom is -0.338 e. The first-order valence-corrected chi connectivity index (χ1v) is 7.86. The van der Waals surface area contributed by atoms with Gasteiger partial charge in [-0.3, -0.25) is 14.9 Å². The maximum Gasteiger partial charge on any atom is 0.273 e. The van der Waals surface area contributed by atoms with Crippen LogP contribution < -0.4 is 5.73 Å². The van der Waals surface area contributed by atoms with E-state index >= 15 is 0 Å². The van der Waals surface area contributed by atoms with E-state index < -0.39 is 4.92 Å². The van der Waals surface area contributed by atoms with Gasteiger partial charge < -0.3 is 10.6 Å². The van der Waals surface area contributed by atoms with E-state index in [9.17, 15) is 14.9 Å². The summed E-state index contributed by atoms with van der Waals surface area (Å²) < 4.78 is 0. The normalized spacial score (nSPS) is 10.4. The van der Waals surface area contributed by atoms with E-state index in [0.717, 1.165) is 5.56 Å². The third-order valence-corrected chi connectivity index (χ3v) is 3.73. The predicted molar refractivity (Wildman–Crippen MR) is 92.3 cm³/mol. The van der Waals surface area contributed by atoms with Crippen LogP contribution in [0.2, 0.25) is 0 Å². The van der Waals surface area contributed by atoms with Gasteiger partial charge in [-0.15, -0.1) is 0 Å². The lowest BCUT2D eigenvalue weighted by atomic mass is 10.1. The van der Waals surface area contributed by atoms with E-state index in [1.165, 1.54) is 6.07 Å². The van der Waals surface area contributed by atoms with Gasteiger partial charge in [0.1, 0.15) is 0 Å². The van der Waals surface area contributed by atoms with E-state index in [1.54, 1.807) is 23.1 Å². The fourth-order valence-electron chi connectivity index (χ4n) is 2.49. The van der Waals surface area contributed by atoms with Gasteiger partial charge in [0, 0.05) is 24.7 Å². The molecule has 0 saturated carbocycles. The van der Waals surface area contributed by atoms with Crippen LogP contribution in [0.4, 0.5) is 5.69 Å². The molecule has 0 aromatic heterocycles. The van der Waals surface area contributed by atoms with Crippen LogP contribution in [0.5, 0.6) is 0 Å². The number of benzene rings is 2. The van der Waals surface area contributed by atoms with Crippen LogP contribution in [0.1, 0.15) is 17.5 Å². The molecule has 6 heteroatoms. The lowest BCUT2D eigenvalue weighted by Crippen LogP contribution is -2.33. The Labute approximate surface area is 141 Å². The molecule has 126 valence electrons. The van der Waals surface area contributed by atoms with Gasteiger partial charge >= 0.3 is 0 Å². The van der Waals surface area contributed by atoms with Crippen molar-refractivity contribution in [3.63, 3.8) is 0 Å². The second-order valence-electron chi connectivity index (χ2n) is 5.51. The number of nitro groups is 1. The molecule has 2 aromatic rings. The molecule has 0 atom stereocenters. The summed E-state index contributed by atoms with van der Waals surface area (Å²) in [7, 11) is 0. The number of para-hydroxylation sites is 1. The summed E-state index contributed by atoms with van der Waals surface area (Å²) in [4.78, 5) is 25.0. The molecular weight excluding hydrogens is 306 g/mol. The van der Waals surface area contributed by atoms with Crippen LogP contribution in [-0.2, 0) is 17.8 Å². The first kappa shape index (κ1) is 17.6. The Hall–Kier alpha value is -2.73. The highest BCUT2D eigenvalue weighted by atomic mass is 16.6. The molecule has 0 radical (unpaired) electrons. The Morgan fingerprint density at radius 1 is 1.08 bits per heavy atom. The summed E-state index contributed by atoms with van der Waals surface area (Å²) in [6, 6.07) is 16.0. The van der Waals surface area contributed by atoms with Gasteiger partial charge in [-0.25, -0.2) is 0 Å². The third kappa shape index (κ3) is 4.89. The Balaban J connectivity index is 2.14. The molecule has 0 heterocycles. The molecule has 0 aliphatic carbocycles. The topological polar surface area (TPSA) is 89.5 Å². The second kappa shape index (κ2) is 8.79. The van der Waals surface area contributed by atoms with Gasteiger partial charge in [-0.2, -0.15) is 0 Å². The summed E-state index contributed by atoms with van der Waals surface area (Å²) >= 11 is 0. The van der Waals surface area contributed by atoms with E-state index in [4.69, 9.17) is 5.73 Å². The van der Waals surface area contributed by atoms with Crippen molar-refractivity contribution in [1.82, 2.24) is 4.90 Å². The zero-order chi connectivity index (χ0) is 17.4. The Bertz CT molecular complexity index is 689. The Morgan fingerprint density at radius 3 is 2.42 bits per heavy atom. The number of nitrogens with zero attached hydrogens (tertiary/aromatic N) is 2. The van der Waals surface area contributed by atoms with Crippen molar-refractivity contribution in [2.75, 3.05) is 13.1 Å². The fourth-order valence-corrected chi connectivity index (χ4v) is 2.49. The highest BCUT2D eigenvalue weighted by molar-refractivity contribution is 5.80. The molecule has 0 fully saturated rings. The number of hydrogen-bond acceptors (Lipinski definition) is 4. The molecular formula is C18H21N3O3. The monoisotopic (exact) mass is 327 g/mol. The molecule has 2 N–H and O–H groups in total. The molecule has 0 aliphatic rings. The fraction of sp³-hybridized carbons (Fsp3) is 0.278. The van der Waals surface area contributed by atoms with Crippen LogP contribution in [0.25, 0.3) is 0 Å². The van der Waals surface area contributed by atoms with Crippen LogP contribution in [0.3, 0.4) is 0 Å². The molecule has 1 amide bonds. The van der Waals surface area contributed by atoms with Gasteiger partial charge in [0.15, 0.2) is 0 Å². The zero-order valence-corrected chi connectivity index (χ0v) is 13.4. The molecule has 2 aromatic carbocycles. The van der Waals surface area contributed by atoms with E-state index in [1.807, 2.05) is 30.3 Å². The van der Waals surface area contributed by atoms with E-state index in [-0.39, 0.29) is 18.0 Å². The molecule has 0 spiro atoms. The quantitative estimate of drug-likeness (QED) is 0.596. The van der Waals surface area contributed by atoms with Crippen molar-refractivity contribution in [3.8, 4) is 0 Å². The van der Waals surface area contributed by atoms with Crippen molar-refractivity contribution in [2.24, 2.45) is 5.73 Å². The van der Waals surface area contributed by atoms with Crippen LogP contribution in [0.15, 0.2) is 54.6 Å². The second-order valence-corrected chi connectivity index (χ2v) is 5.51. The first-order chi connectivity index (χ1) is 11.6. The van der Waals surface area contributed by atoms with Crippen LogP contribution in [-0.4, -0.2) is 28.8 Å². The van der Waals surface area contributed by atoms with Crippen LogP contribution >= 0.6 is 0 Å². The molecule has 0 unspecified atom stereocenters. The largest absolute Gasteiger partial charge is 0.338 e. The SMILES string of the molecule is NCCCN(Cc1ccccc1)C(=O)Cc1ccccc1[N+](=O)[O-]. The highest BCUT2D eigenvalue weighted by Crippen LogP contribution is 2.19. The number of nitrogens with two attached hydrogens (primary N) is 1. The third-order valence-electron chi connectivity index (χ3n) is 3.73. The number of carbonyl (C=O) groups is 1. The molecule has 0 saturated heterocycles. The van der Waals surface area contributed by atoms with Crippen molar-refractivity contribution in [3.05, 3.63) is 75.8 Å². The number of nitro benzene ring substituents is 1. The van der Waals surface area contributed by atoms with Crippen molar-refractivity contribution in [1.29, 1.82) is 0 Å². The molecule has 0 bridgehead atoms. The number of hydrogen-bond donors (Lipinski definition) is 1. The highest BCUT2D eigenvalue weighted by Gasteiger charge is 2.19. The van der Waals surface area contributed by atoms with Gasteiger partial charge in [0.25, 0.3) is 5.69 Å². The van der Waals surface area contributed by atoms with Gasteiger partial charge in [0.05, 0.1) is 11.3 Å². The summed E-state index contributed by atoms with van der Waals surface area (Å²) in [5, 5.41) is 11.1. The summed E-state index contributed by atoms with van der Waals surface area (Å²) in [6.07, 6.45) is 0.698. The maximum atomic E-state index is 12.7.